The first-order chi connectivity index (χ1) is 11.5. The Morgan fingerprint density at radius 1 is 1.42 bits per heavy atom. The van der Waals surface area contributed by atoms with Crippen LogP contribution < -0.4 is 5.32 Å². The number of aliphatic hydroxyl groups excluding tert-OH is 1. The lowest BCUT2D eigenvalue weighted by molar-refractivity contribution is -0.384. The number of rotatable bonds is 6. The number of fused-ring (bicyclic) bond motifs is 1. The molecule has 0 atom stereocenters. The van der Waals surface area contributed by atoms with Gasteiger partial charge in [0, 0.05) is 29.9 Å². The third kappa shape index (κ3) is 3.08. The number of thiazole rings is 1. The van der Waals surface area contributed by atoms with Crippen molar-refractivity contribution in [3.05, 3.63) is 45.3 Å². The summed E-state index contributed by atoms with van der Waals surface area (Å²) < 4.78 is 2.56. The van der Waals surface area contributed by atoms with Crippen molar-refractivity contribution in [2.24, 2.45) is 0 Å². The normalized spacial score (nSPS) is 11.1. The smallest absolute Gasteiger partial charge is 0.270 e. The molecule has 2 heterocycles. The Morgan fingerprint density at radius 2 is 2.21 bits per heavy atom. The molecule has 0 spiro atoms. The Bertz CT molecular complexity index is 902. The number of nitrogens with zero attached hydrogens (tertiary/aromatic N) is 4. The van der Waals surface area contributed by atoms with Crippen LogP contribution in [0.2, 0.25) is 0 Å². The monoisotopic (exact) mass is 347 g/mol. The van der Waals surface area contributed by atoms with Gasteiger partial charge in [-0.3, -0.25) is 14.8 Å². The van der Waals surface area contributed by atoms with Crippen LogP contribution in [0.3, 0.4) is 0 Å². The number of nitro groups is 1. The third-order valence-electron chi connectivity index (χ3n) is 3.84. The molecular weight excluding hydrogens is 330 g/mol. The van der Waals surface area contributed by atoms with Gasteiger partial charge >= 0.3 is 0 Å². The molecule has 126 valence electrons. The summed E-state index contributed by atoms with van der Waals surface area (Å²) in [6.45, 7) is 4.97. The highest BCUT2D eigenvalue weighted by Gasteiger charge is 2.13. The summed E-state index contributed by atoms with van der Waals surface area (Å²) in [5, 5.41) is 28.3. The zero-order valence-electron chi connectivity index (χ0n) is 13.3. The predicted molar refractivity (Wildman–Crippen MR) is 92.4 cm³/mol. The Kier molecular flexibility index (Phi) is 4.45. The molecule has 3 aromatic rings. The predicted octanol–water partition coefficient (Wildman–Crippen LogP) is 2.62. The van der Waals surface area contributed by atoms with E-state index in [4.69, 9.17) is 5.11 Å². The van der Waals surface area contributed by atoms with Crippen molar-refractivity contribution in [1.29, 1.82) is 0 Å². The first kappa shape index (κ1) is 16.3. The minimum atomic E-state index is -0.408. The van der Waals surface area contributed by atoms with E-state index in [0.29, 0.717) is 18.2 Å². The maximum Gasteiger partial charge on any atom is 0.270 e. The molecule has 2 aromatic heterocycles. The lowest BCUT2D eigenvalue weighted by atomic mass is 10.2. The molecule has 0 saturated heterocycles. The minimum absolute atomic E-state index is 0.0471. The van der Waals surface area contributed by atoms with Gasteiger partial charge in [0.25, 0.3) is 5.69 Å². The number of aryl methyl sites for hydroxylation is 1. The van der Waals surface area contributed by atoms with Crippen LogP contribution in [-0.4, -0.2) is 31.4 Å². The van der Waals surface area contributed by atoms with Crippen molar-refractivity contribution < 1.29 is 10.0 Å². The second-order valence-electron chi connectivity index (χ2n) is 5.38. The molecule has 0 aliphatic heterocycles. The number of hydrogen-bond acceptors (Lipinski definition) is 7. The van der Waals surface area contributed by atoms with E-state index < -0.39 is 4.92 Å². The Hall–Kier alpha value is -2.52. The molecule has 0 radical (unpaired) electrons. The number of aliphatic hydroxyl groups is 1. The largest absolute Gasteiger partial charge is 0.394 e. The average Bonchev–Trinajstić information content (AvgIpc) is 3.06. The van der Waals surface area contributed by atoms with E-state index in [0.717, 1.165) is 27.2 Å². The molecule has 0 amide bonds. The van der Waals surface area contributed by atoms with Crippen molar-refractivity contribution in [1.82, 2.24) is 14.8 Å². The summed E-state index contributed by atoms with van der Waals surface area (Å²) in [4.78, 5) is 14.9. The van der Waals surface area contributed by atoms with Crippen molar-refractivity contribution in [3.63, 3.8) is 0 Å². The van der Waals surface area contributed by atoms with Crippen LogP contribution >= 0.6 is 11.3 Å². The number of nitro benzene ring substituents is 1. The van der Waals surface area contributed by atoms with E-state index in [9.17, 15) is 10.1 Å². The van der Waals surface area contributed by atoms with Crippen molar-refractivity contribution in [2.75, 3.05) is 11.9 Å². The van der Waals surface area contributed by atoms with Crippen LogP contribution in [0.5, 0.6) is 0 Å². The van der Waals surface area contributed by atoms with Gasteiger partial charge in [0.15, 0.2) is 5.13 Å². The van der Waals surface area contributed by atoms with E-state index in [-0.39, 0.29) is 12.3 Å². The van der Waals surface area contributed by atoms with Gasteiger partial charge in [0.1, 0.15) is 0 Å². The van der Waals surface area contributed by atoms with E-state index in [2.05, 4.69) is 15.4 Å². The molecule has 8 nitrogen and oxygen atoms in total. The molecule has 0 saturated carbocycles. The fourth-order valence-electron chi connectivity index (χ4n) is 2.57. The molecular formula is C15H17N5O3S. The maximum atomic E-state index is 10.8. The molecule has 0 aliphatic rings. The van der Waals surface area contributed by atoms with Gasteiger partial charge in [-0.25, -0.2) is 4.98 Å². The van der Waals surface area contributed by atoms with Gasteiger partial charge in [-0.2, -0.15) is 5.10 Å². The van der Waals surface area contributed by atoms with E-state index in [1.165, 1.54) is 23.5 Å². The molecule has 2 N–H and O–H groups in total. The second kappa shape index (κ2) is 6.54. The lowest BCUT2D eigenvalue weighted by Gasteiger charge is -2.04. The van der Waals surface area contributed by atoms with Gasteiger partial charge in [-0.05, 0) is 19.9 Å². The number of benzene rings is 1. The molecule has 0 bridgehead atoms. The van der Waals surface area contributed by atoms with Crippen LogP contribution in [0, 0.1) is 24.0 Å². The summed E-state index contributed by atoms with van der Waals surface area (Å²) >= 11 is 1.38. The number of non-ortho nitro benzene ring substituents is 1. The molecule has 0 aliphatic carbocycles. The fraction of sp³-hybridized carbons (Fsp3) is 0.333. The van der Waals surface area contributed by atoms with Gasteiger partial charge < -0.3 is 10.4 Å². The molecule has 3 rings (SSSR count). The topological polar surface area (TPSA) is 106 Å². The van der Waals surface area contributed by atoms with Crippen molar-refractivity contribution >= 4 is 32.4 Å². The number of hydrogen-bond donors (Lipinski definition) is 2. The van der Waals surface area contributed by atoms with E-state index in [1.807, 2.05) is 13.8 Å². The van der Waals surface area contributed by atoms with Crippen molar-refractivity contribution in [3.8, 4) is 0 Å². The van der Waals surface area contributed by atoms with Crippen LogP contribution in [0.1, 0.15) is 17.0 Å². The minimum Gasteiger partial charge on any atom is -0.394 e. The average molecular weight is 347 g/mol. The van der Waals surface area contributed by atoms with Gasteiger partial charge in [-0.15, -0.1) is 0 Å². The Balaban J connectivity index is 1.80. The van der Waals surface area contributed by atoms with Gasteiger partial charge in [0.2, 0.25) is 0 Å². The van der Waals surface area contributed by atoms with E-state index in [1.54, 1.807) is 10.7 Å². The van der Waals surface area contributed by atoms with Crippen LogP contribution in [0.4, 0.5) is 10.8 Å². The number of anilines is 1. The summed E-state index contributed by atoms with van der Waals surface area (Å²) in [6, 6.07) is 4.65. The number of aromatic nitrogens is 3. The molecule has 0 unspecified atom stereocenters. The molecule has 1 aromatic carbocycles. The summed E-state index contributed by atoms with van der Waals surface area (Å²) in [5.74, 6) is 0. The highest BCUT2D eigenvalue weighted by Crippen LogP contribution is 2.29. The van der Waals surface area contributed by atoms with E-state index >= 15 is 0 Å². The molecule has 24 heavy (non-hydrogen) atoms. The SMILES string of the molecule is Cc1nn(CCO)c(C)c1CNc1nc2ccc([N+](=O)[O-])cc2s1. The second-order valence-corrected chi connectivity index (χ2v) is 6.41. The Morgan fingerprint density at radius 3 is 2.92 bits per heavy atom. The van der Waals surface area contributed by atoms with Crippen LogP contribution in [-0.2, 0) is 13.1 Å². The Labute approximate surface area is 141 Å². The van der Waals surface area contributed by atoms with Crippen LogP contribution in [0.15, 0.2) is 18.2 Å². The van der Waals surface area contributed by atoms with Gasteiger partial charge in [-0.1, -0.05) is 11.3 Å². The maximum absolute atomic E-state index is 10.8. The summed E-state index contributed by atoms with van der Waals surface area (Å²) in [6.07, 6.45) is 0. The van der Waals surface area contributed by atoms with Gasteiger partial charge in [0.05, 0.1) is 34.0 Å². The standard InChI is InChI=1S/C15H17N5O3S/c1-9-12(10(2)19(18-9)5-6-21)8-16-15-17-13-4-3-11(20(22)23)7-14(13)24-15/h3-4,7,21H,5-6,8H2,1-2H3,(H,16,17). The zero-order valence-corrected chi connectivity index (χ0v) is 14.1. The summed E-state index contributed by atoms with van der Waals surface area (Å²) in [5.41, 5.74) is 3.77. The fourth-order valence-corrected chi connectivity index (χ4v) is 3.46. The molecule has 9 heteroatoms. The highest BCUT2D eigenvalue weighted by atomic mass is 32.1. The van der Waals surface area contributed by atoms with Crippen LogP contribution in [0.25, 0.3) is 10.2 Å². The van der Waals surface area contributed by atoms with Crippen molar-refractivity contribution in [2.45, 2.75) is 26.9 Å². The first-order valence-electron chi connectivity index (χ1n) is 7.42. The quantitative estimate of drug-likeness (QED) is 0.524. The lowest BCUT2D eigenvalue weighted by Crippen LogP contribution is -2.07. The summed E-state index contributed by atoms with van der Waals surface area (Å²) in [7, 11) is 0. The highest BCUT2D eigenvalue weighted by molar-refractivity contribution is 7.22. The zero-order chi connectivity index (χ0) is 17.3. The number of nitrogens with one attached hydrogen (secondary N) is 1. The third-order valence-corrected chi connectivity index (χ3v) is 4.82. The molecule has 0 fully saturated rings. The first-order valence-corrected chi connectivity index (χ1v) is 8.24.